The molecule has 0 atom stereocenters. The SMILES string of the molecule is COc1nnc(Cl)nn1. The van der Waals surface area contributed by atoms with E-state index < -0.39 is 0 Å². The van der Waals surface area contributed by atoms with Gasteiger partial charge >= 0.3 is 6.01 Å². The molecule has 0 fully saturated rings. The molecule has 0 aromatic carbocycles. The first-order chi connectivity index (χ1) is 4.33. The van der Waals surface area contributed by atoms with Gasteiger partial charge in [-0.1, -0.05) is 10.2 Å². The molecule has 0 radical (unpaired) electrons. The third kappa shape index (κ3) is 1.46. The summed E-state index contributed by atoms with van der Waals surface area (Å²) in [5.74, 6) is 0. The fraction of sp³-hybridized carbons (Fsp3) is 0.333. The molecule has 48 valence electrons. The first kappa shape index (κ1) is 6.15. The zero-order valence-corrected chi connectivity index (χ0v) is 5.33. The first-order valence-electron chi connectivity index (χ1n) is 2.10. The molecule has 0 amide bonds. The topological polar surface area (TPSA) is 60.8 Å². The van der Waals surface area contributed by atoms with Crippen molar-refractivity contribution in [3.8, 4) is 6.01 Å². The highest BCUT2D eigenvalue weighted by atomic mass is 35.5. The van der Waals surface area contributed by atoms with Gasteiger partial charge in [-0.15, -0.1) is 10.2 Å². The van der Waals surface area contributed by atoms with Gasteiger partial charge in [-0.05, 0) is 11.6 Å². The summed E-state index contributed by atoms with van der Waals surface area (Å²) >= 11 is 5.27. The van der Waals surface area contributed by atoms with Crippen LogP contribution in [0.5, 0.6) is 6.01 Å². The minimum Gasteiger partial charge on any atom is -0.465 e. The molecular formula is C3H3ClN4O. The van der Waals surface area contributed by atoms with Crippen LogP contribution in [0.4, 0.5) is 0 Å². The Morgan fingerprint density at radius 1 is 1.22 bits per heavy atom. The zero-order valence-electron chi connectivity index (χ0n) is 4.58. The Kier molecular flexibility index (Phi) is 1.74. The normalized spacial score (nSPS) is 9.11. The number of nitrogens with zero attached hydrogens (tertiary/aromatic N) is 4. The Hall–Kier alpha value is -0.970. The summed E-state index contributed by atoms with van der Waals surface area (Å²) < 4.78 is 4.56. The third-order valence-electron chi connectivity index (χ3n) is 0.619. The predicted molar refractivity (Wildman–Crippen MR) is 29.2 cm³/mol. The van der Waals surface area contributed by atoms with Gasteiger partial charge in [0.05, 0.1) is 7.11 Å². The molecule has 0 N–H and O–H groups in total. The second kappa shape index (κ2) is 2.54. The second-order valence-electron chi connectivity index (χ2n) is 1.16. The van der Waals surface area contributed by atoms with Gasteiger partial charge in [0, 0.05) is 0 Å². The van der Waals surface area contributed by atoms with Gasteiger partial charge in [-0.25, -0.2) is 0 Å². The van der Waals surface area contributed by atoms with Crippen molar-refractivity contribution in [1.29, 1.82) is 0 Å². The van der Waals surface area contributed by atoms with E-state index in [-0.39, 0.29) is 11.3 Å². The van der Waals surface area contributed by atoms with Crippen molar-refractivity contribution < 1.29 is 4.74 Å². The van der Waals surface area contributed by atoms with Crippen molar-refractivity contribution in [1.82, 2.24) is 20.4 Å². The Labute approximate surface area is 56.0 Å². The lowest BCUT2D eigenvalue weighted by Crippen LogP contribution is -1.96. The van der Waals surface area contributed by atoms with E-state index in [2.05, 4.69) is 25.1 Å². The van der Waals surface area contributed by atoms with E-state index in [1.807, 2.05) is 0 Å². The summed E-state index contributed by atoms with van der Waals surface area (Å²) in [4.78, 5) is 0. The molecule has 1 heterocycles. The van der Waals surface area contributed by atoms with Gasteiger partial charge in [0.25, 0.3) is 5.28 Å². The van der Waals surface area contributed by atoms with Gasteiger partial charge in [0.15, 0.2) is 0 Å². The van der Waals surface area contributed by atoms with Gasteiger partial charge < -0.3 is 4.74 Å². The second-order valence-corrected chi connectivity index (χ2v) is 1.49. The van der Waals surface area contributed by atoms with Crippen LogP contribution in [-0.4, -0.2) is 27.5 Å². The lowest BCUT2D eigenvalue weighted by molar-refractivity contribution is 0.365. The van der Waals surface area contributed by atoms with Crippen LogP contribution in [0.1, 0.15) is 0 Å². The van der Waals surface area contributed by atoms with E-state index in [0.717, 1.165) is 0 Å². The Morgan fingerprint density at radius 2 is 1.78 bits per heavy atom. The van der Waals surface area contributed by atoms with Gasteiger partial charge in [0.2, 0.25) is 0 Å². The average molecular weight is 147 g/mol. The average Bonchev–Trinajstić information content (AvgIpc) is 1.90. The molecule has 0 aliphatic rings. The maximum Gasteiger partial charge on any atom is 0.354 e. The minimum atomic E-state index is 0.0100. The molecule has 5 nitrogen and oxygen atoms in total. The number of ether oxygens (including phenoxy) is 1. The summed E-state index contributed by atoms with van der Waals surface area (Å²) in [6, 6.07) is 0.111. The van der Waals surface area contributed by atoms with Gasteiger partial charge in [0.1, 0.15) is 0 Å². The van der Waals surface area contributed by atoms with Gasteiger partial charge in [-0.2, -0.15) is 0 Å². The molecule has 1 aromatic rings. The van der Waals surface area contributed by atoms with Crippen LogP contribution >= 0.6 is 11.6 Å². The van der Waals surface area contributed by atoms with Crippen LogP contribution in [0.25, 0.3) is 0 Å². The molecule has 9 heavy (non-hydrogen) atoms. The Morgan fingerprint density at radius 3 is 2.22 bits per heavy atom. The Balaban J connectivity index is 2.88. The number of hydrogen-bond donors (Lipinski definition) is 0. The molecule has 0 spiro atoms. The number of methoxy groups -OCH3 is 1. The van der Waals surface area contributed by atoms with Crippen molar-refractivity contribution in [3.63, 3.8) is 0 Å². The summed E-state index contributed by atoms with van der Waals surface area (Å²) in [6.07, 6.45) is 0. The third-order valence-corrected chi connectivity index (χ3v) is 0.770. The van der Waals surface area contributed by atoms with E-state index in [1.54, 1.807) is 0 Å². The van der Waals surface area contributed by atoms with Crippen molar-refractivity contribution in [2.45, 2.75) is 0 Å². The maximum atomic E-state index is 5.27. The lowest BCUT2D eigenvalue weighted by Gasteiger charge is -1.90. The molecule has 0 aliphatic heterocycles. The standard InChI is InChI=1S/C3H3ClN4O/c1-9-3-7-5-2(4)6-8-3/h1H3. The van der Waals surface area contributed by atoms with Crippen LogP contribution < -0.4 is 4.74 Å². The van der Waals surface area contributed by atoms with E-state index in [4.69, 9.17) is 11.6 Å². The van der Waals surface area contributed by atoms with Crippen LogP contribution in [0.2, 0.25) is 5.28 Å². The van der Waals surface area contributed by atoms with E-state index in [9.17, 15) is 0 Å². The fourth-order valence-electron chi connectivity index (χ4n) is 0.290. The number of rotatable bonds is 1. The van der Waals surface area contributed by atoms with E-state index in [0.29, 0.717) is 0 Å². The fourth-order valence-corrected chi connectivity index (χ4v) is 0.365. The maximum absolute atomic E-state index is 5.27. The number of halogens is 1. The van der Waals surface area contributed by atoms with Crippen LogP contribution in [0.3, 0.4) is 0 Å². The minimum absolute atomic E-state index is 0.0100. The summed E-state index contributed by atoms with van der Waals surface area (Å²) in [5, 5.41) is 13.6. The quantitative estimate of drug-likeness (QED) is 0.555. The highest BCUT2D eigenvalue weighted by Crippen LogP contribution is 1.96. The molecular weight excluding hydrogens is 144 g/mol. The smallest absolute Gasteiger partial charge is 0.354 e. The molecule has 0 unspecified atom stereocenters. The van der Waals surface area contributed by atoms with Crippen LogP contribution in [-0.2, 0) is 0 Å². The zero-order chi connectivity index (χ0) is 6.69. The number of hydrogen-bond acceptors (Lipinski definition) is 5. The van der Waals surface area contributed by atoms with Crippen molar-refractivity contribution in [3.05, 3.63) is 5.28 Å². The molecule has 6 heteroatoms. The molecule has 1 aromatic heterocycles. The highest BCUT2D eigenvalue weighted by molar-refractivity contribution is 6.28. The number of aromatic nitrogens is 4. The van der Waals surface area contributed by atoms with E-state index >= 15 is 0 Å². The Bertz CT molecular complexity index is 188. The monoisotopic (exact) mass is 146 g/mol. The molecule has 0 saturated heterocycles. The molecule has 0 aliphatic carbocycles. The van der Waals surface area contributed by atoms with Crippen LogP contribution in [0, 0.1) is 0 Å². The largest absolute Gasteiger partial charge is 0.465 e. The molecule has 0 bridgehead atoms. The molecule has 1 rings (SSSR count). The van der Waals surface area contributed by atoms with Crippen molar-refractivity contribution in [2.75, 3.05) is 7.11 Å². The first-order valence-corrected chi connectivity index (χ1v) is 2.47. The van der Waals surface area contributed by atoms with E-state index in [1.165, 1.54) is 7.11 Å². The lowest BCUT2D eigenvalue weighted by atomic mass is 11.2. The summed E-state index contributed by atoms with van der Waals surface area (Å²) in [5.41, 5.74) is 0. The molecule has 0 saturated carbocycles. The van der Waals surface area contributed by atoms with Gasteiger partial charge in [-0.3, -0.25) is 0 Å². The van der Waals surface area contributed by atoms with Crippen LogP contribution in [0.15, 0.2) is 0 Å². The predicted octanol–water partition coefficient (Wildman–Crippen LogP) is -0.0714. The summed E-state index contributed by atoms with van der Waals surface area (Å²) in [7, 11) is 1.42. The summed E-state index contributed by atoms with van der Waals surface area (Å²) in [6.45, 7) is 0. The van der Waals surface area contributed by atoms with Crippen molar-refractivity contribution >= 4 is 11.6 Å². The highest BCUT2D eigenvalue weighted by Gasteiger charge is 1.94. The van der Waals surface area contributed by atoms with Crippen molar-refractivity contribution in [2.24, 2.45) is 0 Å².